The minimum atomic E-state index is -4.01. The highest BCUT2D eigenvalue weighted by Crippen LogP contribution is 2.29. The summed E-state index contributed by atoms with van der Waals surface area (Å²) in [5.41, 5.74) is 1.40. The first kappa shape index (κ1) is 26.6. The van der Waals surface area contributed by atoms with Gasteiger partial charge in [-0.05, 0) is 43.9 Å². The number of carbonyl (C=O) groups excluding carboxylic acids is 2. The van der Waals surface area contributed by atoms with Gasteiger partial charge in [0.2, 0.25) is 5.91 Å². The molecular weight excluding hydrogens is 462 g/mol. The maximum absolute atomic E-state index is 13.0. The zero-order chi connectivity index (χ0) is 25.6. The van der Waals surface area contributed by atoms with E-state index in [1.54, 1.807) is 23.1 Å². The van der Waals surface area contributed by atoms with Gasteiger partial charge in [0, 0.05) is 18.4 Å². The second kappa shape index (κ2) is 11.2. The summed E-state index contributed by atoms with van der Waals surface area (Å²) < 4.78 is 28.2. The highest BCUT2D eigenvalue weighted by atomic mass is 32.2. The van der Waals surface area contributed by atoms with E-state index in [1.807, 2.05) is 45.0 Å². The van der Waals surface area contributed by atoms with Crippen LogP contribution in [0.25, 0.3) is 11.1 Å². The van der Waals surface area contributed by atoms with Gasteiger partial charge in [-0.3, -0.25) is 19.5 Å². The third kappa shape index (κ3) is 6.36. The zero-order valence-corrected chi connectivity index (χ0v) is 21.8. The van der Waals surface area contributed by atoms with Gasteiger partial charge in [0.15, 0.2) is 0 Å². The lowest BCUT2D eigenvalue weighted by molar-refractivity contribution is -0.130. The van der Waals surface area contributed by atoms with Crippen molar-refractivity contribution < 1.29 is 18.0 Å². The van der Waals surface area contributed by atoms with Crippen molar-refractivity contribution in [3.05, 3.63) is 54.1 Å². The van der Waals surface area contributed by atoms with Crippen LogP contribution < -0.4 is 4.72 Å². The SMILES string of the molecule is CCCCCC(=O)NS(=O)(=O)c1ccccc1-c1ccc(CN2C(=O)C(C)(C)N=C2CCC)cc1. The molecule has 1 heterocycles. The van der Waals surface area contributed by atoms with Crippen LogP contribution in [0.2, 0.25) is 0 Å². The molecular formula is C27H35N3O4S. The molecule has 0 atom stereocenters. The summed E-state index contributed by atoms with van der Waals surface area (Å²) in [4.78, 5) is 31.4. The number of sulfonamides is 1. The largest absolute Gasteiger partial charge is 0.294 e. The first-order valence-corrected chi connectivity index (χ1v) is 13.7. The van der Waals surface area contributed by atoms with Crippen molar-refractivity contribution in [2.24, 2.45) is 4.99 Å². The molecule has 0 fully saturated rings. The van der Waals surface area contributed by atoms with Crippen molar-refractivity contribution in [1.82, 2.24) is 9.62 Å². The summed E-state index contributed by atoms with van der Waals surface area (Å²) >= 11 is 0. The Kier molecular flexibility index (Phi) is 8.48. The van der Waals surface area contributed by atoms with E-state index in [0.717, 1.165) is 37.1 Å². The van der Waals surface area contributed by atoms with E-state index >= 15 is 0 Å². The van der Waals surface area contributed by atoms with Crippen LogP contribution in [-0.2, 0) is 26.2 Å². The molecule has 7 nitrogen and oxygen atoms in total. The summed E-state index contributed by atoms with van der Waals surface area (Å²) in [6.45, 7) is 8.15. The highest BCUT2D eigenvalue weighted by molar-refractivity contribution is 7.90. The molecule has 0 radical (unpaired) electrons. The van der Waals surface area contributed by atoms with Crippen LogP contribution in [0.5, 0.6) is 0 Å². The van der Waals surface area contributed by atoms with E-state index < -0.39 is 21.5 Å². The van der Waals surface area contributed by atoms with Crippen molar-refractivity contribution >= 4 is 27.7 Å². The monoisotopic (exact) mass is 497 g/mol. The van der Waals surface area contributed by atoms with Gasteiger partial charge < -0.3 is 0 Å². The van der Waals surface area contributed by atoms with E-state index in [4.69, 9.17) is 0 Å². The van der Waals surface area contributed by atoms with Crippen LogP contribution in [-0.4, -0.2) is 36.5 Å². The van der Waals surface area contributed by atoms with Crippen molar-refractivity contribution in [1.29, 1.82) is 0 Å². The van der Waals surface area contributed by atoms with E-state index in [2.05, 4.69) is 16.6 Å². The number of hydrogen-bond acceptors (Lipinski definition) is 5. The van der Waals surface area contributed by atoms with Crippen molar-refractivity contribution in [2.75, 3.05) is 0 Å². The number of carbonyl (C=O) groups is 2. The molecule has 1 N–H and O–H groups in total. The molecule has 0 unspecified atom stereocenters. The van der Waals surface area contributed by atoms with E-state index in [1.165, 1.54) is 6.07 Å². The summed E-state index contributed by atoms with van der Waals surface area (Å²) in [7, 11) is -4.01. The van der Waals surface area contributed by atoms with Crippen molar-refractivity contribution in [3.63, 3.8) is 0 Å². The zero-order valence-electron chi connectivity index (χ0n) is 21.0. The lowest BCUT2D eigenvalue weighted by Gasteiger charge is -2.21. The Morgan fingerprint density at radius 2 is 1.69 bits per heavy atom. The van der Waals surface area contributed by atoms with Gasteiger partial charge >= 0.3 is 0 Å². The topological polar surface area (TPSA) is 95.9 Å². The Balaban J connectivity index is 1.80. The molecule has 0 saturated carbocycles. The fourth-order valence-corrected chi connectivity index (χ4v) is 5.40. The molecule has 0 aliphatic carbocycles. The van der Waals surface area contributed by atoms with Crippen LogP contribution in [0.3, 0.4) is 0 Å². The van der Waals surface area contributed by atoms with Gasteiger partial charge in [0.1, 0.15) is 11.4 Å². The van der Waals surface area contributed by atoms with Crippen molar-refractivity contribution in [3.8, 4) is 11.1 Å². The number of amides is 2. The summed E-state index contributed by atoms with van der Waals surface area (Å²) in [6, 6.07) is 14.1. The van der Waals surface area contributed by atoms with Gasteiger partial charge in [0.25, 0.3) is 15.9 Å². The summed E-state index contributed by atoms with van der Waals surface area (Å²) in [5.74, 6) is 0.292. The normalized spacial score (nSPS) is 15.3. The van der Waals surface area contributed by atoms with Gasteiger partial charge in [0.05, 0.1) is 11.4 Å². The number of rotatable bonds is 11. The maximum Gasteiger partial charge on any atom is 0.264 e. The molecule has 1 aliphatic heterocycles. The molecule has 1 aliphatic rings. The van der Waals surface area contributed by atoms with Crippen LogP contribution in [0.15, 0.2) is 58.4 Å². The predicted molar refractivity (Wildman–Crippen MR) is 138 cm³/mol. The van der Waals surface area contributed by atoms with Crippen molar-refractivity contribution in [2.45, 2.75) is 83.2 Å². The van der Waals surface area contributed by atoms with Gasteiger partial charge in [-0.15, -0.1) is 0 Å². The van der Waals surface area contributed by atoms with E-state index in [-0.39, 0.29) is 17.2 Å². The quantitative estimate of drug-likeness (QED) is 0.439. The van der Waals surface area contributed by atoms with Crippen LogP contribution in [0, 0.1) is 0 Å². The molecule has 8 heteroatoms. The van der Waals surface area contributed by atoms with Gasteiger partial charge in [-0.2, -0.15) is 0 Å². The average Bonchev–Trinajstić information content (AvgIpc) is 3.02. The fraction of sp³-hybridized carbons (Fsp3) is 0.444. The Morgan fingerprint density at radius 1 is 1.00 bits per heavy atom. The highest BCUT2D eigenvalue weighted by Gasteiger charge is 2.40. The third-order valence-electron chi connectivity index (χ3n) is 6.00. The van der Waals surface area contributed by atoms with Crippen LogP contribution in [0.1, 0.15) is 71.8 Å². The number of aliphatic imine (C=N–C) groups is 1. The average molecular weight is 498 g/mol. The molecule has 0 saturated heterocycles. The third-order valence-corrected chi connectivity index (χ3v) is 7.43. The summed E-state index contributed by atoms with van der Waals surface area (Å²) in [6.07, 6.45) is 4.31. The number of amidine groups is 1. The number of nitrogens with zero attached hydrogens (tertiary/aromatic N) is 2. The second-order valence-electron chi connectivity index (χ2n) is 9.41. The predicted octanol–water partition coefficient (Wildman–Crippen LogP) is 5.06. The first-order chi connectivity index (χ1) is 16.6. The Hall–Kier alpha value is -3.00. The Labute approximate surface area is 208 Å². The lowest BCUT2D eigenvalue weighted by Crippen LogP contribution is -2.38. The Morgan fingerprint density at radius 3 is 2.34 bits per heavy atom. The maximum atomic E-state index is 13.0. The number of hydrogen-bond donors (Lipinski definition) is 1. The minimum absolute atomic E-state index is 0.0175. The molecule has 0 bridgehead atoms. The van der Waals surface area contributed by atoms with Gasteiger partial charge in [-0.25, -0.2) is 13.1 Å². The molecule has 2 aromatic rings. The molecule has 0 spiro atoms. The summed E-state index contributed by atoms with van der Waals surface area (Å²) in [5, 5.41) is 0. The number of unbranched alkanes of at least 4 members (excludes halogenated alkanes) is 2. The molecule has 2 amide bonds. The molecule has 35 heavy (non-hydrogen) atoms. The van der Waals surface area contributed by atoms with E-state index in [9.17, 15) is 18.0 Å². The number of nitrogens with one attached hydrogen (secondary N) is 1. The molecule has 2 aromatic carbocycles. The fourth-order valence-electron chi connectivity index (χ4n) is 4.16. The van der Waals surface area contributed by atoms with Crippen LogP contribution in [0.4, 0.5) is 0 Å². The van der Waals surface area contributed by atoms with E-state index in [0.29, 0.717) is 24.1 Å². The first-order valence-electron chi connectivity index (χ1n) is 12.2. The Bertz CT molecular complexity index is 1200. The molecule has 0 aromatic heterocycles. The molecule has 188 valence electrons. The number of benzene rings is 2. The smallest absolute Gasteiger partial charge is 0.264 e. The lowest BCUT2D eigenvalue weighted by atomic mass is 10.0. The minimum Gasteiger partial charge on any atom is -0.294 e. The van der Waals surface area contributed by atoms with Crippen LogP contribution >= 0.6 is 0 Å². The second-order valence-corrected chi connectivity index (χ2v) is 11.1. The van der Waals surface area contributed by atoms with Gasteiger partial charge in [-0.1, -0.05) is 69.2 Å². The standard InChI is InChI=1S/C27H35N3O4S/c1-5-7-8-14-25(31)29-35(33,34)23-13-10-9-12-22(23)21-17-15-20(16-18-21)19-30-24(11-6-2)28-27(3,4)26(30)32/h9-10,12-13,15-18H,5-8,11,14,19H2,1-4H3,(H,29,31). The molecule has 3 rings (SSSR count).